The predicted octanol–water partition coefficient (Wildman–Crippen LogP) is 4.21. The highest BCUT2D eigenvalue weighted by Crippen LogP contribution is 2.30. The van der Waals surface area contributed by atoms with Crippen LogP contribution in [0.2, 0.25) is 0 Å². The minimum Gasteiger partial charge on any atom is -0.507 e. The molecule has 2 aromatic carbocycles. The average molecular weight is 338 g/mol. The Morgan fingerprint density at radius 1 is 1.12 bits per heavy atom. The molecule has 1 aliphatic heterocycles. The highest BCUT2D eigenvalue weighted by Gasteiger charge is 2.23. The van der Waals surface area contributed by atoms with E-state index in [4.69, 9.17) is 0 Å². The maximum Gasteiger partial charge on any atom is 0.264 e. The molecule has 3 rings (SSSR count). The fraction of sp³-hybridized carbons (Fsp3) is 0.158. The van der Waals surface area contributed by atoms with Gasteiger partial charge in [-0.05, 0) is 85.1 Å². The Hall–Kier alpha value is -2.53. The summed E-state index contributed by atoms with van der Waals surface area (Å²) in [6, 6.07) is 11.5. The SMILES string of the molecule is Cc1cccc(N=C2NC(=O)/C(=C\c3cc(C)c(O)c(C)c3)S2)c1. The molecule has 2 N–H and O–H groups in total. The third kappa shape index (κ3) is 3.51. The zero-order chi connectivity index (χ0) is 17.3. The number of benzene rings is 2. The zero-order valence-electron chi connectivity index (χ0n) is 13.8. The van der Waals surface area contributed by atoms with Crippen molar-refractivity contribution in [2.75, 3.05) is 0 Å². The summed E-state index contributed by atoms with van der Waals surface area (Å²) in [5.41, 5.74) is 4.41. The summed E-state index contributed by atoms with van der Waals surface area (Å²) in [5, 5.41) is 13.2. The molecule has 1 aliphatic rings. The number of nitrogens with one attached hydrogen (secondary N) is 1. The van der Waals surface area contributed by atoms with Crippen molar-refractivity contribution in [1.29, 1.82) is 0 Å². The molecule has 2 aromatic rings. The molecule has 0 aromatic heterocycles. The number of thioether (sulfide) groups is 1. The first kappa shape index (κ1) is 16.3. The summed E-state index contributed by atoms with van der Waals surface area (Å²) in [7, 11) is 0. The van der Waals surface area contributed by atoms with Crippen LogP contribution in [0.4, 0.5) is 5.69 Å². The molecule has 0 aliphatic carbocycles. The Balaban J connectivity index is 1.87. The van der Waals surface area contributed by atoms with Gasteiger partial charge in [0.05, 0.1) is 10.6 Å². The van der Waals surface area contributed by atoms with Crippen LogP contribution in [-0.4, -0.2) is 16.2 Å². The quantitative estimate of drug-likeness (QED) is 0.806. The second-order valence-corrected chi connectivity index (χ2v) is 6.85. The first-order valence-corrected chi connectivity index (χ1v) is 8.40. The number of nitrogens with zero attached hydrogens (tertiary/aromatic N) is 1. The van der Waals surface area contributed by atoms with Gasteiger partial charge in [0, 0.05) is 0 Å². The topological polar surface area (TPSA) is 61.7 Å². The number of aliphatic imine (C=N–C) groups is 1. The lowest BCUT2D eigenvalue weighted by molar-refractivity contribution is -0.115. The molecule has 0 unspecified atom stereocenters. The van der Waals surface area contributed by atoms with Crippen LogP contribution in [0.15, 0.2) is 46.3 Å². The number of aromatic hydroxyl groups is 1. The van der Waals surface area contributed by atoms with Gasteiger partial charge in [-0.3, -0.25) is 4.79 Å². The van der Waals surface area contributed by atoms with Gasteiger partial charge in [-0.15, -0.1) is 0 Å². The Bertz CT molecular complexity index is 862. The lowest BCUT2D eigenvalue weighted by Gasteiger charge is -2.05. The molecule has 4 nitrogen and oxygen atoms in total. The second kappa shape index (κ2) is 6.53. The summed E-state index contributed by atoms with van der Waals surface area (Å²) < 4.78 is 0. The third-order valence-corrected chi connectivity index (χ3v) is 4.60. The molecular formula is C19H18N2O2S. The molecule has 1 heterocycles. The number of aryl methyl sites for hydroxylation is 3. The van der Waals surface area contributed by atoms with E-state index in [2.05, 4.69) is 10.3 Å². The van der Waals surface area contributed by atoms with Crippen molar-refractivity contribution in [2.24, 2.45) is 4.99 Å². The normalized spacial score (nSPS) is 17.5. The highest BCUT2D eigenvalue weighted by atomic mass is 32.2. The molecule has 0 radical (unpaired) electrons. The monoisotopic (exact) mass is 338 g/mol. The number of hydrogen-bond donors (Lipinski definition) is 2. The second-order valence-electron chi connectivity index (χ2n) is 5.82. The Morgan fingerprint density at radius 3 is 2.50 bits per heavy atom. The van der Waals surface area contributed by atoms with Crippen molar-refractivity contribution in [2.45, 2.75) is 20.8 Å². The average Bonchev–Trinajstić information content (AvgIpc) is 2.84. The van der Waals surface area contributed by atoms with Gasteiger partial charge in [0.1, 0.15) is 5.75 Å². The first-order valence-electron chi connectivity index (χ1n) is 7.59. The van der Waals surface area contributed by atoms with Crippen LogP contribution in [0.5, 0.6) is 5.75 Å². The smallest absolute Gasteiger partial charge is 0.264 e. The van der Waals surface area contributed by atoms with Gasteiger partial charge in [0.15, 0.2) is 5.17 Å². The van der Waals surface area contributed by atoms with Crippen molar-refractivity contribution < 1.29 is 9.90 Å². The minimum atomic E-state index is -0.158. The Labute approximate surface area is 145 Å². The molecule has 0 atom stereocenters. The van der Waals surface area contributed by atoms with Gasteiger partial charge >= 0.3 is 0 Å². The summed E-state index contributed by atoms with van der Waals surface area (Å²) in [6.07, 6.45) is 1.82. The maximum atomic E-state index is 12.2. The van der Waals surface area contributed by atoms with Crippen molar-refractivity contribution in [1.82, 2.24) is 5.32 Å². The lowest BCUT2D eigenvalue weighted by Crippen LogP contribution is -2.19. The molecule has 0 saturated carbocycles. The van der Waals surface area contributed by atoms with Gasteiger partial charge in [0.25, 0.3) is 5.91 Å². The number of hydrogen-bond acceptors (Lipinski definition) is 4. The molecule has 122 valence electrons. The van der Waals surface area contributed by atoms with E-state index in [1.165, 1.54) is 11.8 Å². The van der Waals surface area contributed by atoms with E-state index in [1.54, 1.807) is 0 Å². The molecule has 1 saturated heterocycles. The summed E-state index contributed by atoms with van der Waals surface area (Å²) in [5.74, 6) is 0.136. The summed E-state index contributed by atoms with van der Waals surface area (Å²) in [4.78, 5) is 17.2. The van der Waals surface area contributed by atoms with E-state index in [-0.39, 0.29) is 5.91 Å². The van der Waals surface area contributed by atoms with Gasteiger partial charge in [-0.25, -0.2) is 4.99 Å². The maximum absolute atomic E-state index is 12.2. The van der Waals surface area contributed by atoms with Crippen LogP contribution >= 0.6 is 11.8 Å². The Morgan fingerprint density at radius 2 is 1.83 bits per heavy atom. The standard InChI is InChI=1S/C19H18N2O2S/c1-11-5-4-6-15(7-11)20-19-21-18(23)16(24-19)10-14-8-12(2)17(22)13(3)9-14/h4-10,22H,1-3H3,(H,20,21,23)/b16-10+. The fourth-order valence-electron chi connectivity index (χ4n) is 2.52. The van der Waals surface area contributed by atoms with Crippen LogP contribution in [0.25, 0.3) is 6.08 Å². The molecule has 0 bridgehead atoms. The number of phenols is 1. The highest BCUT2D eigenvalue weighted by molar-refractivity contribution is 8.18. The van der Waals surface area contributed by atoms with Crippen molar-refractivity contribution >= 4 is 34.6 Å². The summed E-state index contributed by atoms with van der Waals surface area (Å²) in [6.45, 7) is 5.69. The van der Waals surface area contributed by atoms with E-state index in [1.807, 2.05) is 63.2 Å². The van der Waals surface area contributed by atoms with Crippen LogP contribution < -0.4 is 5.32 Å². The van der Waals surface area contributed by atoms with Crippen molar-refractivity contribution in [3.8, 4) is 5.75 Å². The van der Waals surface area contributed by atoms with Gasteiger partial charge in [0.2, 0.25) is 0 Å². The van der Waals surface area contributed by atoms with E-state index >= 15 is 0 Å². The fourth-order valence-corrected chi connectivity index (χ4v) is 3.36. The number of carbonyl (C=O) groups is 1. The van der Waals surface area contributed by atoms with Crippen molar-refractivity contribution in [3.63, 3.8) is 0 Å². The first-order chi connectivity index (χ1) is 11.4. The third-order valence-electron chi connectivity index (χ3n) is 3.69. The number of amides is 1. The Kier molecular flexibility index (Phi) is 4.44. The predicted molar refractivity (Wildman–Crippen MR) is 99.6 cm³/mol. The van der Waals surface area contributed by atoms with Crippen LogP contribution in [-0.2, 0) is 4.79 Å². The van der Waals surface area contributed by atoms with E-state index in [9.17, 15) is 9.90 Å². The van der Waals surface area contributed by atoms with Crippen LogP contribution in [0, 0.1) is 20.8 Å². The lowest BCUT2D eigenvalue weighted by atomic mass is 10.1. The van der Waals surface area contributed by atoms with Gasteiger partial charge in [-0.2, -0.15) is 0 Å². The largest absolute Gasteiger partial charge is 0.507 e. The summed E-state index contributed by atoms with van der Waals surface area (Å²) >= 11 is 1.32. The molecule has 5 heteroatoms. The van der Waals surface area contributed by atoms with E-state index in [0.29, 0.717) is 15.8 Å². The van der Waals surface area contributed by atoms with Gasteiger partial charge < -0.3 is 10.4 Å². The van der Waals surface area contributed by atoms with Crippen molar-refractivity contribution in [3.05, 3.63) is 63.6 Å². The molecule has 24 heavy (non-hydrogen) atoms. The van der Waals surface area contributed by atoms with Crippen LogP contribution in [0.3, 0.4) is 0 Å². The number of amidine groups is 1. The number of rotatable bonds is 2. The number of phenolic OH excluding ortho intramolecular Hbond substituents is 1. The van der Waals surface area contributed by atoms with Crippen LogP contribution in [0.1, 0.15) is 22.3 Å². The molecular weight excluding hydrogens is 320 g/mol. The van der Waals surface area contributed by atoms with E-state index in [0.717, 1.165) is 27.9 Å². The molecule has 1 amide bonds. The number of carbonyl (C=O) groups excluding carboxylic acids is 1. The molecule has 1 fully saturated rings. The van der Waals surface area contributed by atoms with Gasteiger partial charge in [-0.1, -0.05) is 12.1 Å². The zero-order valence-corrected chi connectivity index (χ0v) is 14.6. The molecule has 0 spiro atoms. The minimum absolute atomic E-state index is 0.158. The van der Waals surface area contributed by atoms with E-state index < -0.39 is 0 Å².